The molecule has 0 nitrogen and oxygen atoms in total. The van der Waals surface area contributed by atoms with Gasteiger partial charge in [-0.3, -0.25) is 8.80 Å². The van der Waals surface area contributed by atoms with Crippen LogP contribution in [0.2, 0.25) is 19.6 Å². The fraction of sp³-hybridized carbons (Fsp3) is 1.00. The smallest absolute Gasteiger partial charge is 0.271 e. The van der Waals surface area contributed by atoms with Crippen LogP contribution in [-0.2, 0) is 0 Å². The van der Waals surface area contributed by atoms with Gasteiger partial charge in [0.2, 0.25) is 0 Å². The van der Waals surface area contributed by atoms with E-state index in [2.05, 4.69) is 19.6 Å². The minimum Gasteiger partial charge on any atom is -0.271 e. The Kier molecular flexibility index (Phi) is 25.0. The molecule has 0 aliphatic heterocycles. The van der Waals surface area contributed by atoms with Gasteiger partial charge in [0.1, 0.15) is 0 Å². The predicted octanol–water partition coefficient (Wildman–Crippen LogP) is -1.05. The fourth-order valence-corrected chi connectivity index (χ4v) is 0. The van der Waals surface area contributed by atoms with Crippen LogP contribution >= 0.6 is 17.0 Å². The molecule has 3 heteroatoms. The third-order valence-electron chi connectivity index (χ3n) is 0. The molecule has 0 aliphatic carbocycles. The minimum atomic E-state index is 0. The van der Waals surface area contributed by atoms with Crippen LogP contribution in [0.3, 0.4) is 0 Å². The van der Waals surface area contributed by atoms with Crippen LogP contribution in [0.1, 0.15) is 0 Å². The maximum Gasteiger partial charge on any atom is 1.00 e. The summed E-state index contributed by atoms with van der Waals surface area (Å²) >= 11 is 0. The van der Waals surface area contributed by atoms with Crippen molar-refractivity contribution in [3.8, 4) is 0 Å². The quantitative estimate of drug-likeness (QED) is 0.398. The Morgan fingerprint density at radius 1 is 1.00 bits per heavy atom. The molecule has 0 atom stereocenters. The van der Waals surface area contributed by atoms with Crippen LogP contribution in [0.15, 0.2) is 0 Å². The zero-order valence-electron chi connectivity index (χ0n) is 4.91. The van der Waals surface area contributed by atoms with E-state index in [-0.39, 0.29) is 44.6 Å². The standard InChI is InChI=1S/C3H9Si.BrH.Li/c1-4(2)3;;/h1-3H3;1H;/q-1;;+1. The van der Waals surface area contributed by atoms with Gasteiger partial charge in [-0.15, -0.1) is 17.0 Å². The first kappa shape index (κ1) is 15.7. The Labute approximate surface area is 64.3 Å². The van der Waals surface area contributed by atoms with E-state index in [0.29, 0.717) is 0 Å². The van der Waals surface area contributed by atoms with Crippen molar-refractivity contribution in [2.45, 2.75) is 19.6 Å². The van der Waals surface area contributed by atoms with Crippen LogP contribution in [-0.4, -0.2) is 8.80 Å². The number of hydrogen-bond donors (Lipinski definition) is 0. The summed E-state index contributed by atoms with van der Waals surface area (Å²) in [7, 11) is 0.120. The molecule has 0 spiro atoms. The second-order valence-electron chi connectivity index (χ2n) is 1.50. The molecule has 0 amide bonds. The monoisotopic (exact) mass is 160 g/mol. The minimum absolute atomic E-state index is 0. The largest absolute Gasteiger partial charge is 1.00 e. The number of rotatable bonds is 0. The molecule has 0 saturated carbocycles. The molecule has 0 heterocycles. The van der Waals surface area contributed by atoms with Crippen molar-refractivity contribution >= 4 is 25.8 Å². The first-order valence-electron chi connectivity index (χ1n) is 1.50. The Morgan fingerprint density at radius 3 is 1.00 bits per heavy atom. The zero-order chi connectivity index (χ0) is 3.58. The Hall–Kier alpha value is 1.29. The van der Waals surface area contributed by atoms with Crippen LogP contribution in [0, 0.1) is 0 Å². The van der Waals surface area contributed by atoms with Crippen LogP contribution in [0.25, 0.3) is 0 Å². The average molecular weight is 161 g/mol. The van der Waals surface area contributed by atoms with E-state index >= 15 is 0 Å². The summed E-state index contributed by atoms with van der Waals surface area (Å²) in [6.07, 6.45) is 0. The van der Waals surface area contributed by atoms with Gasteiger partial charge in [0.15, 0.2) is 0 Å². The summed E-state index contributed by atoms with van der Waals surface area (Å²) in [6, 6.07) is 0. The topological polar surface area (TPSA) is 0 Å². The van der Waals surface area contributed by atoms with Crippen molar-refractivity contribution in [3.63, 3.8) is 0 Å². The summed E-state index contributed by atoms with van der Waals surface area (Å²) in [5, 5.41) is 0. The molecule has 0 unspecified atom stereocenters. The molecule has 0 N–H and O–H groups in total. The van der Waals surface area contributed by atoms with Gasteiger partial charge in [0, 0.05) is 0 Å². The second kappa shape index (κ2) is 9.57. The third-order valence-corrected chi connectivity index (χ3v) is 0. The van der Waals surface area contributed by atoms with E-state index in [9.17, 15) is 0 Å². The van der Waals surface area contributed by atoms with Crippen molar-refractivity contribution in [2.75, 3.05) is 0 Å². The Morgan fingerprint density at radius 2 is 1.00 bits per heavy atom. The second-order valence-corrected chi connectivity index (χ2v) is 4.50. The van der Waals surface area contributed by atoms with Crippen LogP contribution in [0.4, 0.5) is 0 Å². The van der Waals surface area contributed by atoms with Gasteiger partial charge in [-0.1, -0.05) is 0 Å². The Balaban J connectivity index is -0.0000000450. The van der Waals surface area contributed by atoms with Gasteiger partial charge in [0.25, 0.3) is 0 Å². The SMILES string of the molecule is Br.C[Si-](C)C.[Li+]. The normalized spacial score (nSPS) is 6.00. The molecule has 0 aromatic carbocycles. The van der Waals surface area contributed by atoms with E-state index in [1.165, 1.54) is 0 Å². The number of hydrogen-bond acceptors (Lipinski definition) is 0. The number of halogens is 1. The predicted molar refractivity (Wildman–Crippen MR) is 33.7 cm³/mol. The molecule has 34 valence electrons. The fourth-order valence-electron chi connectivity index (χ4n) is 0. The molecule has 0 saturated heterocycles. The van der Waals surface area contributed by atoms with Crippen molar-refractivity contribution < 1.29 is 18.9 Å². The molecule has 6 heavy (non-hydrogen) atoms. The van der Waals surface area contributed by atoms with E-state index in [1.807, 2.05) is 0 Å². The van der Waals surface area contributed by atoms with E-state index in [1.54, 1.807) is 0 Å². The first-order valence-corrected chi connectivity index (χ1v) is 4.50. The maximum absolute atomic E-state index is 2.27. The molecule has 0 bridgehead atoms. The van der Waals surface area contributed by atoms with Crippen LogP contribution in [0.5, 0.6) is 0 Å². The zero-order valence-corrected chi connectivity index (χ0v) is 7.62. The maximum atomic E-state index is 2.27. The van der Waals surface area contributed by atoms with E-state index < -0.39 is 0 Å². The first-order chi connectivity index (χ1) is 1.73. The molecule has 0 aromatic rings. The average Bonchev–Trinajstić information content (AvgIpc) is 0.811. The summed E-state index contributed by atoms with van der Waals surface area (Å²) in [5.41, 5.74) is 0. The molecule has 0 aliphatic rings. The Bertz CT molecular complexity index is 15.5. The van der Waals surface area contributed by atoms with Crippen molar-refractivity contribution in [2.24, 2.45) is 0 Å². The summed E-state index contributed by atoms with van der Waals surface area (Å²) in [4.78, 5) is 0. The summed E-state index contributed by atoms with van der Waals surface area (Å²) in [5.74, 6) is 0. The van der Waals surface area contributed by atoms with Gasteiger partial charge >= 0.3 is 18.9 Å². The van der Waals surface area contributed by atoms with Crippen molar-refractivity contribution in [1.29, 1.82) is 0 Å². The molecule has 0 rings (SSSR count). The molecular formula is C3H10BrLiSi. The van der Waals surface area contributed by atoms with E-state index in [0.717, 1.165) is 0 Å². The van der Waals surface area contributed by atoms with Gasteiger partial charge in [-0.2, -0.15) is 19.6 Å². The third kappa shape index (κ3) is 58.3. The molecular weight excluding hydrogens is 151 g/mol. The molecule has 0 radical (unpaired) electrons. The van der Waals surface area contributed by atoms with Gasteiger partial charge in [-0.05, 0) is 0 Å². The van der Waals surface area contributed by atoms with Crippen molar-refractivity contribution in [3.05, 3.63) is 0 Å². The van der Waals surface area contributed by atoms with Gasteiger partial charge < -0.3 is 0 Å². The van der Waals surface area contributed by atoms with Crippen LogP contribution < -0.4 is 18.9 Å². The van der Waals surface area contributed by atoms with Gasteiger partial charge in [-0.25, -0.2) is 0 Å². The van der Waals surface area contributed by atoms with Gasteiger partial charge in [0.05, 0.1) is 0 Å². The molecule has 0 aromatic heterocycles. The summed E-state index contributed by atoms with van der Waals surface area (Å²) in [6.45, 7) is 6.81. The summed E-state index contributed by atoms with van der Waals surface area (Å²) < 4.78 is 0. The van der Waals surface area contributed by atoms with E-state index in [4.69, 9.17) is 0 Å². The van der Waals surface area contributed by atoms with Crippen molar-refractivity contribution in [1.82, 2.24) is 0 Å². The molecule has 0 fully saturated rings.